The van der Waals surface area contributed by atoms with Gasteiger partial charge in [0.15, 0.2) is 11.5 Å². The second-order valence-electron chi connectivity index (χ2n) is 3.80. The van der Waals surface area contributed by atoms with Crippen molar-refractivity contribution in [3.05, 3.63) is 23.8 Å². The van der Waals surface area contributed by atoms with Crippen molar-refractivity contribution in [2.24, 2.45) is 0 Å². The van der Waals surface area contributed by atoms with Gasteiger partial charge in [0.1, 0.15) is 13.2 Å². The Kier molecular flexibility index (Phi) is 3.85. The van der Waals surface area contributed by atoms with Crippen LogP contribution in [-0.2, 0) is 16.0 Å². The lowest BCUT2D eigenvalue weighted by molar-refractivity contribution is -0.143. The fraction of sp³-hybridized carbons (Fsp3) is 0.462. The molecule has 0 fully saturated rings. The molecule has 4 nitrogen and oxygen atoms in total. The number of hydrogen-bond acceptors (Lipinski definition) is 4. The molecule has 0 aromatic heterocycles. The molecule has 0 spiro atoms. The van der Waals surface area contributed by atoms with Crippen LogP contribution in [0.5, 0.6) is 11.5 Å². The van der Waals surface area contributed by atoms with E-state index in [2.05, 4.69) is 0 Å². The SMILES string of the molecule is CCC(=O)OCCc1ccc2c(c1)OCCO2. The highest BCUT2D eigenvalue weighted by Gasteiger charge is 2.11. The molecule has 1 heterocycles. The number of hydrogen-bond donors (Lipinski definition) is 0. The largest absolute Gasteiger partial charge is 0.486 e. The lowest BCUT2D eigenvalue weighted by atomic mass is 10.1. The van der Waals surface area contributed by atoms with Gasteiger partial charge in [-0.2, -0.15) is 0 Å². The molecular formula is C13H16O4. The van der Waals surface area contributed by atoms with Gasteiger partial charge in [-0.05, 0) is 17.7 Å². The Morgan fingerprint density at radius 3 is 2.82 bits per heavy atom. The predicted molar refractivity (Wildman–Crippen MR) is 62.4 cm³/mol. The number of rotatable bonds is 4. The fourth-order valence-corrected chi connectivity index (χ4v) is 1.63. The van der Waals surface area contributed by atoms with E-state index in [1.165, 1.54) is 0 Å². The number of carbonyl (C=O) groups excluding carboxylic acids is 1. The molecular weight excluding hydrogens is 220 g/mol. The van der Waals surface area contributed by atoms with Gasteiger partial charge in [0.2, 0.25) is 0 Å². The van der Waals surface area contributed by atoms with Gasteiger partial charge in [-0.1, -0.05) is 13.0 Å². The van der Waals surface area contributed by atoms with Gasteiger partial charge < -0.3 is 14.2 Å². The van der Waals surface area contributed by atoms with Crippen molar-refractivity contribution in [2.45, 2.75) is 19.8 Å². The van der Waals surface area contributed by atoms with E-state index in [4.69, 9.17) is 14.2 Å². The third-order valence-corrected chi connectivity index (χ3v) is 2.55. The van der Waals surface area contributed by atoms with E-state index in [9.17, 15) is 4.79 Å². The van der Waals surface area contributed by atoms with Gasteiger partial charge in [0, 0.05) is 12.8 Å². The van der Waals surface area contributed by atoms with Crippen LogP contribution in [0.3, 0.4) is 0 Å². The van der Waals surface area contributed by atoms with Crippen molar-refractivity contribution in [1.29, 1.82) is 0 Å². The zero-order chi connectivity index (χ0) is 12.1. The first-order valence-corrected chi connectivity index (χ1v) is 5.83. The van der Waals surface area contributed by atoms with Gasteiger partial charge in [0.25, 0.3) is 0 Å². The maximum absolute atomic E-state index is 11.0. The van der Waals surface area contributed by atoms with Crippen LogP contribution in [0.1, 0.15) is 18.9 Å². The molecule has 0 saturated carbocycles. The zero-order valence-corrected chi connectivity index (χ0v) is 9.90. The Labute approximate surface area is 100 Å². The third-order valence-electron chi connectivity index (χ3n) is 2.55. The van der Waals surface area contributed by atoms with Crippen LogP contribution in [0.15, 0.2) is 18.2 Å². The van der Waals surface area contributed by atoms with Crippen LogP contribution in [0, 0.1) is 0 Å². The maximum Gasteiger partial charge on any atom is 0.305 e. The number of fused-ring (bicyclic) bond motifs is 1. The van der Waals surface area contributed by atoms with Crippen LogP contribution < -0.4 is 9.47 Å². The molecule has 2 rings (SSSR count). The summed E-state index contributed by atoms with van der Waals surface area (Å²) in [7, 11) is 0. The molecule has 0 bridgehead atoms. The highest BCUT2D eigenvalue weighted by atomic mass is 16.6. The first kappa shape index (κ1) is 11.8. The molecule has 0 saturated heterocycles. The van der Waals surface area contributed by atoms with Crippen LogP contribution in [0.4, 0.5) is 0 Å². The average molecular weight is 236 g/mol. The second kappa shape index (κ2) is 5.57. The van der Waals surface area contributed by atoms with E-state index in [0.717, 1.165) is 17.1 Å². The Morgan fingerprint density at radius 2 is 2.06 bits per heavy atom. The second-order valence-corrected chi connectivity index (χ2v) is 3.80. The Balaban J connectivity index is 1.91. The molecule has 92 valence electrons. The summed E-state index contributed by atoms with van der Waals surface area (Å²) < 4.78 is 15.9. The molecule has 0 atom stereocenters. The molecule has 0 radical (unpaired) electrons. The Hall–Kier alpha value is -1.71. The van der Waals surface area contributed by atoms with Crippen molar-refractivity contribution in [3.8, 4) is 11.5 Å². The van der Waals surface area contributed by atoms with Gasteiger partial charge >= 0.3 is 5.97 Å². The van der Waals surface area contributed by atoms with E-state index in [-0.39, 0.29) is 5.97 Å². The van der Waals surface area contributed by atoms with Crippen LogP contribution in [-0.4, -0.2) is 25.8 Å². The van der Waals surface area contributed by atoms with Gasteiger partial charge in [-0.3, -0.25) is 4.79 Å². The molecule has 0 N–H and O–H groups in total. The summed E-state index contributed by atoms with van der Waals surface area (Å²) in [5.74, 6) is 1.39. The molecule has 0 unspecified atom stereocenters. The van der Waals surface area contributed by atoms with E-state index >= 15 is 0 Å². The quantitative estimate of drug-likeness (QED) is 0.749. The van der Waals surface area contributed by atoms with Crippen molar-refractivity contribution in [3.63, 3.8) is 0 Å². The minimum absolute atomic E-state index is 0.164. The maximum atomic E-state index is 11.0. The topological polar surface area (TPSA) is 44.8 Å². The summed E-state index contributed by atoms with van der Waals surface area (Å²) in [5.41, 5.74) is 1.08. The molecule has 1 aromatic carbocycles. The number of ether oxygens (including phenoxy) is 3. The lowest BCUT2D eigenvalue weighted by Crippen LogP contribution is -2.15. The van der Waals surface area contributed by atoms with Crippen LogP contribution in [0.2, 0.25) is 0 Å². The zero-order valence-electron chi connectivity index (χ0n) is 9.90. The molecule has 1 aliphatic rings. The number of benzene rings is 1. The molecule has 0 aliphatic carbocycles. The van der Waals surface area contributed by atoms with Gasteiger partial charge in [0.05, 0.1) is 6.61 Å². The van der Waals surface area contributed by atoms with E-state index in [0.29, 0.717) is 32.7 Å². The van der Waals surface area contributed by atoms with Gasteiger partial charge in [-0.15, -0.1) is 0 Å². The summed E-state index contributed by atoms with van der Waals surface area (Å²) in [5, 5.41) is 0. The van der Waals surface area contributed by atoms with Crippen LogP contribution in [0.25, 0.3) is 0 Å². The predicted octanol–water partition coefficient (Wildman–Crippen LogP) is 1.95. The molecule has 1 aliphatic heterocycles. The fourth-order valence-electron chi connectivity index (χ4n) is 1.63. The van der Waals surface area contributed by atoms with Crippen molar-refractivity contribution < 1.29 is 19.0 Å². The normalized spacial score (nSPS) is 13.2. The Bertz CT molecular complexity index is 400. The van der Waals surface area contributed by atoms with Gasteiger partial charge in [-0.25, -0.2) is 0 Å². The highest BCUT2D eigenvalue weighted by molar-refractivity contribution is 5.68. The van der Waals surface area contributed by atoms with E-state index in [1.807, 2.05) is 18.2 Å². The molecule has 0 amide bonds. The summed E-state index contributed by atoms with van der Waals surface area (Å²) >= 11 is 0. The van der Waals surface area contributed by atoms with E-state index < -0.39 is 0 Å². The standard InChI is InChI=1S/C13H16O4/c1-2-13(14)17-6-5-10-3-4-11-12(9-10)16-8-7-15-11/h3-4,9H,2,5-8H2,1H3. The minimum Gasteiger partial charge on any atom is -0.486 e. The van der Waals surface area contributed by atoms with Crippen molar-refractivity contribution >= 4 is 5.97 Å². The Morgan fingerprint density at radius 1 is 1.29 bits per heavy atom. The number of carbonyl (C=O) groups is 1. The summed E-state index contributed by atoms with van der Waals surface area (Å²) in [6.07, 6.45) is 1.11. The monoisotopic (exact) mass is 236 g/mol. The summed E-state index contributed by atoms with van der Waals surface area (Å²) in [4.78, 5) is 11.0. The smallest absolute Gasteiger partial charge is 0.305 e. The summed E-state index contributed by atoms with van der Waals surface area (Å²) in [6.45, 7) is 3.38. The highest BCUT2D eigenvalue weighted by Crippen LogP contribution is 2.30. The lowest BCUT2D eigenvalue weighted by Gasteiger charge is -2.18. The average Bonchev–Trinajstić information content (AvgIpc) is 2.38. The molecule has 1 aromatic rings. The number of esters is 1. The minimum atomic E-state index is -0.164. The van der Waals surface area contributed by atoms with Crippen molar-refractivity contribution in [2.75, 3.05) is 19.8 Å². The third kappa shape index (κ3) is 3.12. The van der Waals surface area contributed by atoms with Crippen molar-refractivity contribution in [1.82, 2.24) is 0 Å². The summed E-state index contributed by atoms with van der Waals surface area (Å²) in [6, 6.07) is 5.80. The molecule has 4 heteroatoms. The van der Waals surface area contributed by atoms with E-state index in [1.54, 1.807) is 6.92 Å². The first-order valence-electron chi connectivity index (χ1n) is 5.83. The molecule has 17 heavy (non-hydrogen) atoms. The first-order chi connectivity index (χ1) is 8.29. The van der Waals surface area contributed by atoms with Crippen LogP contribution >= 0.6 is 0 Å².